The van der Waals surface area contributed by atoms with Crippen LogP contribution in [0.25, 0.3) is 0 Å². The lowest BCUT2D eigenvalue weighted by Gasteiger charge is -2.04. The lowest BCUT2D eigenvalue weighted by Crippen LogP contribution is -2.19. The largest absolute Gasteiger partial charge is 0.482 e. The van der Waals surface area contributed by atoms with E-state index in [1.807, 2.05) is 6.07 Å². The average molecular weight is 221 g/mol. The molecule has 16 heavy (non-hydrogen) atoms. The molecule has 1 aromatic rings. The van der Waals surface area contributed by atoms with Gasteiger partial charge in [0.25, 0.3) is 0 Å². The Kier molecular flexibility index (Phi) is 5.05. The standard InChI is InChI=1S/C12H13O4/c1-2-6-11(13)16-12(14)9-15-10-7-4-3-5-8-10/h3-8H,2,9H2,1H3. The zero-order valence-corrected chi connectivity index (χ0v) is 9.01. The van der Waals surface area contributed by atoms with Gasteiger partial charge in [-0.05, 0) is 18.6 Å². The number of carbonyl (C=O) groups is 2. The molecule has 1 rings (SSSR count). The van der Waals surface area contributed by atoms with Gasteiger partial charge in [-0.15, -0.1) is 0 Å². The van der Waals surface area contributed by atoms with E-state index in [4.69, 9.17) is 4.74 Å². The molecule has 0 N–H and O–H groups in total. The predicted octanol–water partition coefficient (Wildman–Crippen LogP) is 1.75. The summed E-state index contributed by atoms with van der Waals surface area (Å²) in [7, 11) is 0. The van der Waals surface area contributed by atoms with Gasteiger partial charge in [0.1, 0.15) is 5.75 Å². The quantitative estimate of drug-likeness (QED) is 0.561. The molecule has 0 saturated heterocycles. The van der Waals surface area contributed by atoms with Crippen LogP contribution in [0.15, 0.2) is 30.3 Å². The molecule has 0 spiro atoms. The van der Waals surface area contributed by atoms with E-state index in [2.05, 4.69) is 4.74 Å². The second kappa shape index (κ2) is 6.61. The third kappa shape index (κ3) is 4.59. The van der Waals surface area contributed by atoms with Crippen molar-refractivity contribution in [3.05, 3.63) is 36.8 Å². The van der Waals surface area contributed by atoms with Gasteiger partial charge >= 0.3 is 11.9 Å². The molecular formula is C12H13O4. The Morgan fingerprint density at radius 3 is 2.56 bits per heavy atom. The molecule has 4 nitrogen and oxygen atoms in total. The van der Waals surface area contributed by atoms with Crippen molar-refractivity contribution in [3.8, 4) is 5.75 Å². The highest BCUT2D eigenvalue weighted by atomic mass is 16.6. The molecule has 0 heterocycles. The number of hydrogen-bond acceptors (Lipinski definition) is 4. The van der Waals surface area contributed by atoms with Crippen LogP contribution in [0.4, 0.5) is 0 Å². The third-order valence-electron chi connectivity index (χ3n) is 1.69. The SMILES string of the molecule is CC[CH]C(=O)OC(=O)COc1ccccc1. The maximum Gasteiger partial charge on any atom is 0.351 e. The maximum absolute atomic E-state index is 11.1. The van der Waals surface area contributed by atoms with Crippen LogP contribution in [0.2, 0.25) is 0 Å². The van der Waals surface area contributed by atoms with Crippen LogP contribution in [0.3, 0.4) is 0 Å². The molecule has 0 fully saturated rings. The number of carbonyl (C=O) groups excluding carboxylic acids is 2. The molecule has 0 amide bonds. The van der Waals surface area contributed by atoms with Gasteiger partial charge in [0.2, 0.25) is 0 Å². The fraction of sp³-hybridized carbons (Fsp3) is 0.250. The van der Waals surface area contributed by atoms with E-state index in [0.717, 1.165) is 0 Å². The summed E-state index contributed by atoms with van der Waals surface area (Å²) in [4.78, 5) is 22.0. The van der Waals surface area contributed by atoms with Crippen molar-refractivity contribution in [2.45, 2.75) is 13.3 Å². The summed E-state index contributed by atoms with van der Waals surface area (Å²) in [5.74, 6) is -0.769. The van der Waals surface area contributed by atoms with Crippen molar-refractivity contribution in [1.82, 2.24) is 0 Å². The molecule has 0 saturated carbocycles. The molecule has 1 radical (unpaired) electrons. The van der Waals surface area contributed by atoms with Gasteiger partial charge in [-0.25, -0.2) is 4.79 Å². The van der Waals surface area contributed by atoms with Crippen LogP contribution < -0.4 is 4.74 Å². The number of hydrogen-bond donors (Lipinski definition) is 0. The number of benzene rings is 1. The highest BCUT2D eigenvalue weighted by molar-refractivity contribution is 5.90. The summed E-state index contributed by atoms with van der Waals surface area (Å²) >= 11 is 0. The van der Waals surface area contributed by atoms with E-state index < -0.39 is 11.9 Å². The van der Waals surface area contributed by atoms with Gasteiger partial charge in [-0.2, -0.15) is 0 Å². The van der Waals surface area contributed by atoms with Gasteiger partial charge < -0.3 is 9.47 Å². The highest BCUT2D eigenvalue weighted by Gasteiger charge is 2.10. The van der Waals surface area contributed by atoms with Gasteiger partial charge in [-0.1, -0.05) is 25.1 Å². The van der Waals surface area contributed by atoms with Crippen LogP contribution in [-0.4, -0.2) is 18.5 Å². The Morgan fingerprint density at radius 2 is 1.94 bits per heavy atom. The maximum atomic E-state index is 11.1. The Bertz CT molecular complexity index is 345. The molecular weight excluding hydrogens is 208 g/mol. The lowest BCUT2D eigenvalue weighted by molar-refractivity contribution is -0.158. The van der Waals surface area contributed by atoms with Crippen molar-refractivity contribution >= 4 is 11.9 Å². The van der Waals surface area contributed by atoms with Crippen molar-refractivity contribution in [2.75, 3.05) is 6.61 Å². The van der Waals surface area contributed by atoms with Crippen molar-refractivity contribution in [1.29, 1.82) is 0 Å². The topological polar surface area (TPSA) is 52.6 Å². The van der Waals surface area contributed by atoms with E-state index in [9.17, 15) is 9.59 Å². The Hall–Kier alpha value is -1.84. The number of esters is 2. The van der Waals surface area contributed by atoms with Crippen LogP contribution in [0.1, 0.15) is 13.3 Å². The van der Waals surface area contributed by atoms with Crippen molar-refractivity contribution in [3.63, 3.8) is 0 Å². The second-order valence-corrected chi connectivity index (χ2v) is 3.01. The second-order valence-electron chi connectivity index (χ2n) is 3.01. The van der Waals surface area contributed by atoms with Crippen LogP contribution in [0.5, 0.6) is 5.75 Å². The molecule has 85 valence electrons. The average Bonchev–Trinajstić information content (AvgIpc) is 2.28. The summed E-state index contributed by atoms with van der Waals surface area (Å²) in [5, 5.41) is 0. The van der Waals surface area contributed by atoms with Gasteiger partial charge in [0.05, 0.1) is 6.42 Å². The summed E-state index contributed by atoms with van der Waals surface area (Å²) in [6.45, 7) is 1.51. The van der Waals surface area contributed by atoms with Crippen LogP contribution >= 0.6 is 0 Å². The predicted molar refractivity (Wildman–Crippen MR) is 57.6 cm³/mol. The van der Waals surface area contributed by atoms with Crippen LogP contribution in [-0.2, 0) is 14.3 Å². The summed E-state index contributed by atoms with van der Waals surface area (Å²) in [6, 6.07) is 8.85. The molecule has 4 heteroatoms. The lowest BCUT2D eigenvalue weighted by atomic mass is 10.3. The Morgan fingerprint density at radius 1 is 1.25 bits per heavy atom. The molecule has 0 aliphatic rings. The fourth-order valence-electron chi connectivity index (χ4n) is 1.01. The molecule has 0 unspecified atom stereocenters. The van der Waals surface area contributed by atoms with Crippen molar-refractivity contribution in [2.24, 2.45) is 0 Å². The van der Waals surface area contributed by atoms with E-state index in [-0.39, 0.29) is 6.61 Å². The van der Waals surface area contributed by atoms with E-state index in [0.29, 0.717) is 12.2 Å². The van der Waals surface area contributed by atoms with E-state index in [1.54, 1.807) is 31.2 Å². The summed E-state index contributed by atoms with van der Waals surface area (Å²) < 4.78 is 9.56. The molecule has 0 atom stereocenters. The summed E-state index contributed by atoms with van der Waals surface area (Å²) in [5.41, 5.74) is 0. The first kappa shape index (κ1) is 12.2. The normalized spacial score (nSPS) is 9.56. The van der Waals surface area contributed by atoms with Gasteiger partial charge in [-0.3, -0.25) is 4.79 Å². The third-order valence-corrected chi connectivity index (χ3v) is 1.69. The number of para-hydroxylation sites is 1. The smallest absolute Gasteiger partial charge is 0.351 e. The van der Waals surface area contributed by atoms with Gasteiger partial charge in [0, 0.05) is 0 Å². The van der Waals surface area contributed by atoms with Crippen LogP contribution in [0, 0.1) is 6.42 Å². The minimum atomic E-state index is -0.696. The number of rotatable bonds is 5. The van der Waals surface area contributed by atoms with Crippen molar-refractivity contribution < 1.29 is 19.1 Å². The highest BCUT2D eigenvalue weighted by Crippen LogP contribution is 2.07. The Balaban J connectivity index is 2.28. The molecule has 0 aliphatic heterocycles. The molecule has 0 aromatic heterocycles. The molecule has 0 aliphatic carbocycles. The van der Waals surface area contributed by atoms with E-state index in [1.165, 1.54) is 6.42 Å². The monoisotopic (exact) mass is 221 g/mol. The molecule has 1 aromatic carbocycles. The van der Waals surface area contributed by atoms with E-state index >= 15 is 0 Å². The zero-order chi connectivity index (χ0) is 11.8. The number of ether oxygens (including phenoxy) is 2. The first-order valence-corrected chi connectivity index (χ1v) is 4.98. The summed E-state index contributed by atoms with van der Waals surface area (Å²) in [6.07, 6.45) is 1.83. The minimum absolute atomic E-state index is 0.271. The Labute approximate surface area is 94.2 Å². The van der Waals surface area contributed by atoms with Gasteiger partial charge in [0.15, 0.2) is 6.61 Å². The first-order chi connectivity index (χ1) is 7.72. The fourth-order valence-corrected chi connectivity index (χ4v) is 1.01. The minimum Gasteiger partial charge on any atom is -0.482 e. The first-order valence-electron chi connectivity index (χ1n) is 4.98. The molecule has 0 bridgehead atoms. The zero-order valence-electron chi connectivity index (χ0n) is 9.01.